The van der Waals surface area contributed by atoms with E-state index in [0.29, 0.717) is 17.9 Å². The third kappa shape index (κ3) is 4.07. The summed E-state index contributed by atoms with van der Waals surface area (Å²) in [7, 11) is 1.63. The molecule has 3 N–H and O–H groups in total. The summed E-state index contributed by atoms with van der Waals surface area (Å²) >= 11 is 0. The molecular formula is C13H20N2O2. The van der Waals surface area contributed by atoms with Gasteiger partial charge < -0.3 is 15.8 Å². The van der Waals surface area contributed by atoms with Gasteiger partial charge in [0.15, 0.2) is 0 Å². The van der Waals surface area contributed by atoms with Gasteiger partial charge in [0.05, 0.1) is 18.2 Å². The lowest BCUT2D eigenvalue weighted by atomic mass is 10.1. The molecule has 1 amide bonds. The van der Waals surface area contributed by atoms with Crippen molar-refractivity contribution in [3.05, 3.63) is 29.8 Å². The largest absolute Gasteiger partial charge is 0.398 e. The van der Waals surface area contributed by atoms with Crippen molar-refractivity contribution in [2.45, 2.75) is 25.8 Å². The Morgan fingerprint density at radius 2 is 2.18 bits per heavy atom. The van der Waals surface area contributed by atoms with Crippen molar-refractivity contribution in [2.24, 2.45) is 0 Å². The average Bonchev–Trinajstić information content (AvgIpc) is 2.30. The van der Waals surface area contributed by atoms with Crippen LogP contribution in [0.15, 0.2) is 24.3 Å². The van der Waals surface area contributed by atoms with Crippen molar-refractivity contribution in [3.8, 4) is 0 Å². The van der Waals surface area contributed by atoms with Gasteiger partial charge in [0.2, 0.25) is 0 Å². The predicted octanol–water partition coefficient (Wildman–Crippen LogP) is 1.81. The highest BCUT2D eigenvalue weighted by Gasteiger charge is 2.14. The zero-order valence-electron chi connectivity index (χ0n) is 10.4. The quantitative estimate of drug-likeness (QED) is 0.740. The van der Waals surface area contributed by atoms with E-state index in [0.717, 1.165) is 12.8 Å². The Morgan fingerprint density at radius 1 is 1.47 bits per heavy atom. The van der Waals surface area contributed by atoms with E-state index in [-0.39, 0.29) is 11.9 Å². The van der Waals surface area contributed by atoms with Crippen LogP contribution in [-0.2, 0) is 4.74 Å². The molecule has 4 nitrogen and oxygen atoms in total. The van der Waals surface area contributed by atoms with Crippen molar-refractivity contribution in [2.75, 3.05) is 19.5 Å². The fourth-order valence-electron chi connectivity index (χ4n) is 1.71. The van der Waals surface area contributed by atoms with Gasteiger partial charge in [-0.05, 0) is 18.6 Å². The maximum absolute atomic E-state index is 12.0. The molecule has 0 aromatic heterocycles. The molecule has 0 aliphatic rings. The maximum atomic E-state index is 12.0. The molecule has 1 unspecified atom stereocenters. The summed E-state index contributed by atoms with van der Waals surface area (Å²) in [5.74, 6) is -0.140. The number of para-hydroxylation sites is 1. The summed E-state index contributed by atoms with van der Waals surface area (Å²) < 4.78 is 5.08. The molecule has 0 heterocycles. The van der Waals surface area contributed by atoms with E-state index in [1.165, 1.54) is 0 Å². The second-order valence-electron chi connectivity index (χ2n) is 4.00. The maximum Gasteiger partial charge on any atom is 0.253 e. The number of nitrogen functional groups attached to an aromatic ring is 1. The smallest absolute Gasteiger partial charge is 0.253 e. The number of benzene rings is 1. The minimum Gasteiger partial charge on any atom is -0.398 e. The van der Waals surface area contributed by atoms with Crippen LogP contribution < -0.4 is 11.1 Å². The first-order chi connectivity index (χ1) is 8.19. The Hall–Kier alpha value is -1.55. The minimum atomic E-state index is -0.140. The number of amides is 1. The van der Waals surface area contributed by atoms with E-state index in [2.05, 4.69) is 12.2 Å². The van der Waals surface area contributed by atoms with E-state index in [9.17, 15) is 4.79 Å². The highest BCUT2D eigenvalue weighted by atomic mass is 16.5. The molecule has 0 saturated heterocycles. The van der Waals surface area contributed by atoms with E-state index in [1.54, 1.807) is 25.3 Å². The highest BCUT2D eigenvalue weighted by Crippen LogP contribution is 2.11. The third-order valence-corrected chi connectivity index (χ3v) is 2.55. The zero-order valence-corrected chi connectivity index (χ0v) is 10.4. The number of nitrogens with one attached hydrogen (secondary N) is 1. The predicted molar refractivity (Wildman–Crippen MR) is 68.9 cm³/mol. The van der Waals surface area contributed by atoms with Gasteiger partial charge in [0.1, 0.15) is 0 Å². The fourth-order valence-corrected chi connectivity index (χ4v) is 1.71. The van der Waals surface area contributed by atoms with E-state index >= 15 is 0 Å². The van der Waals surface area contributed by atoms with Crippen molar-refractivity contribution < 1.29 is 9.53 Å². The summed E-state index contributed by atoms with van der Waals surface area (Å²) in [5.41, 5.74) is 6.77. The van der Waals surface area contributed by atoms with Gasteiger partial charge in [-0.2, -0.15) is 0 Å². The SMILES string of the molecule is CCCC(COC)NC(=O)c1ccccc1N. The number of hydrogen-bond acceptors (Lipinski definition) is 3. The lowest BCUT2D eigenvalue weighted by molar-refractivity contribution is 0.0892. The Kier molecular flexibility index (Phi) is 5.49. The third-order valence-electron chi connectivity index (χ3n) is 2.55. The monoisotopic (exact) mass is 236 g/mol. The first-order valence-corrected chi connectivity index (χ1v) is 5.83. The molecule has 0 fully saturated rings. The van der Waals surface area contributed by atoms with Gasteiger partial charge >= 0.3 is 0 Å². The van der Waals surface area contributed by atoms with E-state index in [4.69, 9.17) is 10.5 Å². The standard InChI is InChI=1S/C13H20N2O2/c1-3-6-10(9-17-2)15-13(16)11-7-4-5-8-12(11)14/h4-5,7-8,10H,3,6,9,14H2,1-2H3,(H,15,16). The van der Waals surface area contributed by atoms with Gasteiger partial charge in [-0.3, -0.25) is 4.79 Å². The number of rotatable bonds is 6. The van der Waals surface area contributed by atoms with Crippen LogP contribution in [0.3, 0.4) is 0 Å². The molecule has 0 spiro atoms. The summed E-state index contributed by atoms with van der Waals surface area (Å²) in [5, 5.41) is 2.93. The van der Waals surface area contributed by atoms with Gasteiger partial charge in [-0.15, -0.1) is 0 Å². The summed E-state index contributed by atoms with van der Waals surface area (Å²) in [6.45, 7) is 2.60. The molecule has 1 rings (SSSR count). The molecule has 0 saturated carbocycles. The number of ether oxygens (including phenoxy) is 1. The van der Waals surface area contributed by atoms with Gasteiger partial charge in [0, 0.05) is 12.8 Å². The lowest BCUT2D eigenvalue weighted by Gasteiger charge is -2.17. The molecule has 17 heavy (non-hydrogen) atoms. The van der Waals surface area contributed by atoms with Crippen LogP contribution in [0.1, 0.15) is 30.1 Å². The number of nitrogens with two attached hydrogens (primary N) is 1. The molecule has 0 aliphatic heterocycles. The Labute approximate surface area is 102 Å². The van der Waals surface area contributed by atoms with Crippen LogP contribution in [0.4, 0.5) is 5.69 Å². The minimum absolute atomic E-state index is 0.0390. The van der Waals surface area contributed by atoms with Crippen LogP contribution >= 0.6 is 0 Å². The Bertz CT molecular complexity index is 360. The van der Waals surface area contributed by atoms with Gasteiger partial charge in [0.25, 0.3) is 5.91 Å². The van der Waals surface area contributed by atoms with Crippen molar-refractivity contribution in [1.82, 2.24) is 5.32 Å². The first-order valence-electron chi connectivity index (χ1n) is 5.83. The summed E-state index contributed by atoms with van der Waals surface area (Å²) in [6.07, 6.45) is 1.89. The summed E-state index contributed by atoms with van der Waals surface area (Å²) in [6, 6.07) is 7.10. The zero-order chi connectivity index (χ0) is 12.7. The normalized spacial score (nSPS) is 12.1. The molecule has 0 aliphatic carbocycles. The molecule has 0 radical (unpaired) electrons. The van der Waals surface area contributed by atoms with Crippen molar-refractivity contribution >= 4 is 11.6 Å². The Balaban J connectivity index is 2.67. The molecule has 1 aromatic carbocycles. The molecule has 4 heteroatoms. The van der Waals surface area contributed by atoms with Crippen LogP contribution in [-0.4, -0.2) is 25.7 Å². The van der Waals surface area contributed by atoms with Gasteiger partial charge in [-0.25, -0.2) is 0 Å². The molecule has 1 aromatic rings. The van der Waals surface area contributed by atoms with Crippen molar-refractivity contribution in [3.63, 3.8) is 0 Å². The second-order valence-corrected chi connectivity index (χ2v) is 4.00. The number of carbonyl (C=O) groups excluding carboxylic acids is 1. The van der Waals surface area contributed by atoms with Crippen LogP contribution in [0.2, 0.25) is 0 Å². The average molecular weight is 236 g/mol. The number of methoxy groups -OCH3 is 1. The second kappa shape index (κ2) is 6.91. The van der Waals surface area contributed by atoms with E-state index in [1.807, 2.05) is 6.07 Å². The number of hydrogen-bond donors (Lipinski definition) is 2. The van der Waals surface area contributed by atoms with Crippen molar-refractivity contribution in [1.29, 1.82) is 0 Å². The molecular weight excluding hydrogens is 216 g/mol. The number of carbonyl (C=O) groups is 1. The van der Waals surface area contributed by atoms with Gasteiger partial charge in [-0.1, -0.05) is 25.5 Å². The van der Waals surface area contributed by atoms with Crippen LogP contribution in [0, 0.1) is 0 Å². The van der Waals surface area contributed by atoms with Crippen LogP contribution in [0.25, 0.3) is 0 Å². The molecule has 1 atom stereocenters. The number of anilines is 1. The Morgan fingerprint density at radius 3 is 2.76 bits per heavy atom. The topological polar surface area (TPSA) is 64.3 Å². The van der Waals surface area contributed by atoms with Crippen LogP contribution in [0.5, 0.6) is 0 Å². The lowest BCUT2D eigenvalue weighted by Crippen LogP contribution is -2.38. The first kappa shape index (κ1) is 13.5. The fraction of sp³-hybridized carbons (Fsp3) is 0.462. The molecule has 0 bridgehead atoms. The van der Waals surface area contributed by atoms with E-state index < -0.39 is 0 Å². The molecule has 94 valence electrons. The summed E-state index contributed by atoms with van der Waals surface area (Å²) in [4.78, 5) is 12.0. The highest BCUT2D eigenvalue weighted by molar-refractivity contribution is 5.99.